The van der Waals surface area contributed by atoms with Crippen molar-refractivity contribution in [1.29, 1.82) is 0 Å². The van der Waals surface area contributed by atoms with Gasteiger partial charge in [0.1, 0.15) is 0 Å². The van der Waals surface area contributed by atoms with Gasteiger partial charge >= 0.3 is 23.9 Å². The van der Waals surface area contributed by atoms with E-state index in [4.69, 9.17) is 0 Å². The largest absolute Gasteiger partial charge is 0.478 e. The lowest BCUT2D eigenvalue weighted by molar-refractivity contribution is -0.0544. The first-order valence-electron chi connectivity index (χ1n) is 14.5. The fourth-order valence-corrected chi connectivity index (χ4v) is 7.03. The van der Waals surface area contributed by atoms with Gasteiger partial charge in [0.2, 0.25) is 0 Å². The van der Waals surface area contributed by atoms with Gasteiger partial charge in [0, 0.05) is 45.9 Å². The van der Waals surface area contributed by atoms with Crippen LogP contribution in [0, 0.1) is 46.5 Å². The van der Waals surface area contributed by atoms with E-state index in [9.17, 15) is 58.6 Å². The van der Waals surface area contributed by atoms with Crippen molar-refractivity contribution in [3.8, 4) is 0 Å². The standard InChI is InChI=1S/C34H20F8O10/c35-13-5-1-9(31(45)46)17(25(13)39)21-22(18-10(32(47)48)2-6-14(36)26(18)40)24(20-12(34(51)52)4-8-16(38)28(20)42)30(44)29(43)23(21)19-11(33(49)50)3-7-15(37)27(19)41/h1-8,21-24,29-30,43-44H,(H,45,46)(H,47,48)(H,49,50)(H,51,52)/t21-,22+,23-,24+,29-,30+. The van der Waals surface area contributed by atoms with Crippen LogP contribution in [0.4, 0.5) is 35.1 Å². The number of carbonyl (C=O) groups is 4. The minimum atomic E-state index is -2.97. The SMILES string of the molecule is O=C(O)c1ccc(F)c(F)c1[C@@H]1[C@H](c2c(C(=O)O)ccc(F)c2F)[C@H](c2c(C(=O)O)ccc(F)c2F)[C@H](O)[C@H](O)[C@@H]1c1c(C(=O)O)ccc(F)c1F. The number of halogens is 8. The minimum absolute atomic E-state index is 0.226. The molecule has 4 aromatic carbocycles. The van der Waals surface area contributed by atoms with Crippen molar-refractivity contribution >= 4 is 23.9 Å². The molecule has 10 nitrogen and oxygen atoms in total. The highest BCUT2D eigenvalue weighted by molar-refractivity contribution is 5.93. The molecule has 5 rings (SSSR count). The number of aliphatic hydroxyl groups is 2. The van der Waals surface area contributed by atoms with Gasteiger partial charge in [0.15, 0.2) is 46.5 Å². The van der Waals surface area contributed by atoms with Gasteiger partial charge in [-0.25, -0.2) is 54.3 Å². The first-order chi connectivity index (χ1) is 24.3. The van der Waals surface area contributed by atoms with Crippen molar-refractivity contribution in [2.45, 2.75) is 35.9 Å². The van der Waals surface area contributed by atoms with Crippen LogP contribution in [0.25, 0.3) is 0 Å². The molecule has 4 aromatic rings. The summed E-state index contributed by atoms with van der Waals surface area (Å²) in [6.45, 7) is 0. The van der Waals surface area contributed by atoms with Crippen LogP contribution in [-0.4, -0.2) is 66.7 Å². The van der Waals surface area contributed by atoms with E-state index in [1.54, 1.807) is 0 Å². The smallest absolute Gasteiger partial charge is 0.336 e. The molecule has 6 N–H and O–H groups in total. The summed E-state index contributed by atoms with van der Waals surface area (Å²) in [6.07, 6.45) is -5.95. The van der Waals surface area contributed by atoms with Gasteiger partial charge < -0.3 is 30.6 Å². The highest BCUT2D eigenvalue weighted by atomic mass is 19.2. The van der Waals surface area contributed by atoms with Crippen molar-refractivity contribution in [1.82, 2.24) is 0 Å². The Morgan fingerprint density at radius 3 is 0.750 bits per heavy atom. The Balaban J connectivity index is 2.13. The zero-order chi connectivity index (χ0) is 38.7. The van der Waals surface area contributed by atoms with E-state index in [-0.39, 0.29) is 24.3 Å². The fourth-order valence-electron chi connectivity index (χ4n) is 7.03. The number of aromatic carboxylic acids is 4. The van der Waals surface area contributed by atoms with E-state index >= 15 is 26.3 Å². The summed E-state index contributed by atoms with van der Waals surface area (Å²) in [5.74, 6) is -36.7. The monoisotopic (exact) mass is 740 g/mol. The third kappa shape index (κ3) is 5.88. The summed E-state index contributed by atoms with van der Waals surface area (Å²) < 4.78 is 124. The average Bonchev–Trinajstić information content (AvgIpc) is 3.07. The lowest BCUT2D eigenvalue weighted by atomic mass is 9.55. The number of carboxylic acid groups (broad SMARTS) is 4. The highest BCUT2D eigenvalue weighted by Crippen LogP contribution is 2.61. The van der Waals surface area contributed by atoms with E-state index in [2.05, 4.69) is 0 Å². The van der Waals surface area contributed by atoms with Gasteiger partial charge in [-0.2, -0.15) is 0 Å². The average molecular weight is 741 g/mol. The lowest BCUT2D eigenvalue weighted by Gasteiger charge is -2.50. The van der Waals surface area contributed by atoms with Crippen LogP contribution in [0.2, 0.25) is 0 Å². The van der Waals surface area contributed by atoms with Crippen molar-refractivity contribution in [2.75, 3.05) is 0 Å². The summed E-state index contributed by atoms with van der Waals surface area (Å²) >= 11 is 0. The van der Waals surface area contributed by atoms with Crippen LogP contribution in [-0.2, 0) is 0 Å². The van der Waals surface area contributed by atoms with Crippen molar-refractivity contribution < 1.29 is 84.9 Å². The maximum atomic E-state index is 16.2. The van der Waals surface area contributed by atoms with Crippen LogP contribution in [0.1, 0.15) is 87.4 Å². The Morgan fingerprint density at radius 1 is 0.365 bits per heavy atom. The van der Waals surface area contributed by atoms with Crippen molar-refractivity contribution in [3.05, 3.63) is 140 Å². The zero-order valence-corrected chi connectivity index (χ0v) is 25.4. The van der Waals surface area contributed by atoms with Gasteiger partial charge in [0.25, 0.3) is 0 Å². The van der Waals surface area contributed by atoms with Gasteiger partial charge in [0.05, 0.1) is 34.5 Å². The highest BCUT2D eigenvalue weighted by Gasteiger charge is 2.57. The minimum Gasteiger partial charge on any atom is -0.478 e. The number of hydrogen-bond acceptors (Lipinski definition) is 6. The van der Waals surface area contributed by atoms with Gasteiger partial charge in [-0.05, 0) is 48.5 Å². The number of benzene rings is 4. The van der Waals surface area contributed by atoms with E-state index < -0.39 is 151 Å². The molecule has 1 saturated carbocycles. The molecule has 6 atom stereocenters. The molecule has 0 spiro atoms. The Hall–Kier alpha value is -5.88. The molecule has 0 unspecified atom stereocenters. The van der Waals surface area contributed by atoms with E-state index in [1.807, 2.05) is 0 Å². The van der Waals surface area contributed by atoms with Crippen LogP contribution >= 0.6 is 0 Å². The molecule has 52 heavy (non-hydrogen) atoms. The first-order valence-corrected chi connectivity index (χ1v) is 14.5. The van der Waals surface area contributed by atoms with Gasteiger partial charge in [-0.15, -0.1) is 0 Å². The summed E-state index contributed by atoms with van der Waals surface area (Å²) in [6, 6.07) is 2.42. The lowest BCUT2D eigenvalue weighted by Crippen LogP contribution is -2.50. The molecular formula is C34H20F8O10. The second-order valence-electron chi connectivity index (χ2n) is 11.6. The molecular weight excluding hydrogens is 720 g/mol. The molecule has 272 valence electrons. The molecule has 0 heterocycles. The Morgan fingerprint density at radius 2 is 0.558 bits per heavy atom. The van der Waals surface area contributed by atoms with Crippen molar-refractivity contribution in [3.63, 3.8) is 0 Å². The molecule has 0 aromatic heterocycles. The topological polar surface area (TPSA) is 190 Å². The Bertz CT molecular complexity index is 2040. The quantitative estimate of drug-likeness (QED) is 0.121. The van der Waals surface area contributed by atoms with Crippen LogP contribution in [0.3, 0.4) is 0 Å². The van der Waals surface area contributed by atoms with Gasteiger partial charge in [-0.1, -0.05) is 0 Å². The van der Waals surface area contributed by atoms with Crippen molar-refractivity contribution in [2.24, 2.45) is 0 Å². The maximum absolute atomic E-state index is 16.2. The number of aliphatic hydroxyl groups excluding tert-OH is 2. The normalized spacial score (nSPS) is 21.5. The Kier molecular flexibility index (Phi) is 9.83. The van der Waals surface area contributed by atoms with E-state index in [0.29, 0.717) is 24.3 Å². The van der Waals surface area contributed by atoms with Crippen LogP contribution in [0.5, 0.6) is 0 Å². The molecule has 0 amide bonds. The predicted octanol–water partition coefficient (Wildman–Crippen LogP) is 5.76. The zero-order valence-electron chi connectivity index (χ0n) is 25.4. The molecule has 0 radical (unpaired) electrons. The fraction of sp³-hybridized carbons (Fsp3) is 0.176. The number of hydrogen-bond donors (Lipinski definition) is 6. The summed E-state index contributed by atoms with van der Waals surface area (Å²) in [7, 11) is 0. The molecule has 1 fully saturated rings. The molecule has 0 aliphatic heterocycles. The first kappa shape index (κ1) is 37.4. The summed E-state index contributed by atoms with van der Waals surface area (Å²) in [4.78, 5) is 49.7. The number of carboxylic acids is 4. The third-order valence-corrected chi connectivity index (χ3v) is 9.03. The summed E-state index contributed by atoms with van der Waals surface area (Å²) in [5.41, 5.74) is -11.6. The van der Waals surface area contributed by atoms with E-state index in [1.165, 1.54) is 0 Å². The summed E-state index contributed by atoms with van der Waals surface area (Å²) in [5, 5.41) is 63.3. The second-order valence-corrected chi connectivity index (χ2v) is 11.6. The second kappa shape index (κ2) is 13.7. The van der Waals surface area contributed by atoms with Crippen LogP contribution < -0.4 is 0 Å². The van der Waals surface area contributed by atoms with Gasteiger partial charge in [-0.3, -0.25) is 0 Å². The molecule has 0 bridgehead atoms. The molecule has 1 aliphatic rings. The Labute approximate surface area is 284 Å². The number of rotatable bonds is 8. The molecule has 0 saturated heterocycles. The third-order valence-electron chi connectivity index (χ3n) is 9.03. The molecule has 1 aliphatic carbocycles. The van der Waals surface area contributed by atoms with Crippen LogP contribution in [0.15, 0.2) is 48.5 Å². The van der Waals surface area contributed by atoms with E-state index in [0.717, 1.165) is 0 Å². The predicted molar refractivity (Wildman–Crippen MR) is 156 cm³/mol. The molecule has 18 heteroatoms. The maximum Gasteiger partial charge on any atom is 0.336 e.